The van der Waals surface area contributed by atoms with Crippen molar-refractivity contribution in [3.63, 3.8) is 0 Å². The molecule has 0 aromatic heterocycles. The lowest BCUT2D eigenvalue weighted by atomic mass is 9.95. The third kappa shape index (κ3) is 4.98. The highest BCUT2D eigenvalue weighted by Crippen LogP contribution is 2.17. The molecule has 0 aromatic rings. The predicted octanol–water partition coefficient (Wildman–Crippen LogP) is 2.64. The second kappa shape index (κ2) is 7.24. The van der Waals surface area contributed by atoms with Crippen LogP contribution in [0.4, 0.5) is 0 Å². The zero-order valence-electron chi connectivity index (χ0n) is 10.8. The van der Waals surface area contributed by atoms with E-state index in [2.05, 4.69) is 31.0 Å². The molecule has 1 aliphatic carbocycles. The summed E-state index contributed by atoms with van der Waals surface area (Å²) in [5.41, 5.74) is 0. The summed E-state index contributed by atoms with van der Waals surface area (Å²) in [6.07, 6.45) is 7.10. The van der Waals surface area contributed by atoms with Crippen LogP contribution in [0, 0.1) is 0 Å². The van der Waals surface area contributed by atoms with E-state index in [1.165, 1.54) is 45.2 Å². The van der Waals surface area contributed by atoms with E-state index in [4.69, 9.17) is 0 Å². The molecule has 2 heteroatoms. The minimum absolute atomic E-state index is 0.683. The lowest BCUT2D eigenvalue weighted by Crippen LogP contribution is -2.40. The van der Waals surface area contributed by atoms with Crippen LogP contribution in [0.5, 0.6) is 0 Å². The van der Waals surface area contributed by atoms with E-state index < -0.39 is 0 Å². The molecule has 1 fully saturated rings. The van der Waals surface area contributed by atoms with Gasteiger partial charge in [-0.05, 0) is 33.2 Å². The van der Waals surface area contributed by atoms with Crippen molar-refractivity contribution in [2.24, 2.45) is 0 Å². The third-order valence-corrected chi connectivity index (χ3v) is 3.57. The van der Waals surface area contributed by atoms with Crippen molar-refractivity contribution in [3.8, 4) is 0 Å². The Labute approximate surface area is 95.4 Å². The highest BCUT2D eigenvalue weighted by Gasteiger charge is 2.13. The number of nitrogens with one attached hydrogen (secondary N) is 1. The Morgan fingerprint density at radius 2 is 1.87 bits per heavy atom. The van der Waals surface area contributed by atoms with Gasteiger partial charge in [0.15, 0.2) is 0 Å². The molecule has 90 valence electrons. The molecule has 1 N–H and O–H groups in total. The van der Waals surface area contributed by atoms with E-state index in [0.29, 0.717) is 6.04 Å². The molecular weight excluding hydrogens is 184 g/mol. The standard InChI is InChI=1S/C13H28N2/c1-4-15(12(2)3)11-10-14-13-8-6-5-7-9-13/h12-14H,4-11H2,1-3H3. The first-order valence-corrected chi connectivity index (χ1v) is 6.71. The predicted molar refractivity (Wildman–Crippen MR) is 67.3 cm³/mol. The molecule has 1 aliphatic rings. The molecule has 15 heavy (non-hydrogen) atoms. The van der Waals surface area contributed by atoms with Gasteiger partial charge in [0.1, 0.15) is 0 Å². The van der Waals surface area contributed by atoms with Crippen LogP contribution in [0.15, 0.2) is 0 Å². The van der Waals surface area contributed by atoms with Crippen molar-refractivity contribution in [1.29, 1.82) is 0 Å². The smallest absolute Gasteiger partial charge is 0.0110 e. The maximum Gasteiger partial charge on any atom is 0.0110 e. The summed E-state index contributed by atoms with van der Waals surface area (Å²) in [5.74, 6) is 0. The summed E-state index contributed by atoms with van der Waals surface area (Å²) < 4.78 is 0. The fourth-order valence-corrected chi connectivity index (χ4v) is 2.50. The molecule has 1 rings (SSSR count). The zero-order valence-corrected chi connectivity index (χ0v) is 10.8. The van der Waals surface area contributed by atoms with Crippen LogP contribution in [0.2, 0.25) is 0 Å². The first kappa shape index (κ1) is 13.0. The van der Waals surface area contributed by atoms with E-state index in [1.54, 1.807) is 0 Å². The zero-order chi connectivity index (χ0) is 11.1. The van der Waals surface area contributed by atoms with Gasteiger partial charge in [-0.2, -0.15) is 0 Å². The highest BCUT2D eigenvalue weighted by atomic mass is 15.2. The Hall–Kier alpha value is -0.0800. The summed E-state index contributed by atoms with van der Waals surface area (Å²) in [7, 11) is 0. The lowest BCUT2D eigenvalue weighted by Gasteiger charge is -2.27. The van der Waals surface area contributed by atoms with E-state index in [1.807, 2.05) is 0 Å². The second-order valence-corrected chi connectivity index (χ2v) is 5.01. The Bertz CT molecular complexity index is 151. The molecule has 0 heterocycles. The lowest BCUT2D eigenvalue weighted by molar-refractivity contribution is 0.226. The van der Waals surface area contributed by atoms with Gasteiger partial charge in [-0.15, -0.1) is 0 Å². The molecule has 0 spiro atoms. The Kier molecular flexibility index (Phi) is 6.26. The molecule has 0 unspecified atom stereocenters. The maximum atomic E-state index is 3.70. The van der Waals surface area contributed by atoms with Gasteiger partial charge < -0.3 is 5.32 Å². The quantitative estimate of drug-likeness (QED) is 0.728. The van der Waals surface area contributed by atoms with Crippen molar-refractivity contribution in [2.45, 2.75) is 65.0 Å². The van der Waals surface area contributed by atoms with Gasteiger partial charge in [0.25, 0.3) is 0 Å². The van der Waals surface area contributed by atoms with Crippen LogP contribution in [-0.4, -0.2) is 36.6 Å². The largest absolute Gasteiger partial charge is 0.313 e. The Morgan fingerprint density at radius 3 is 2.40 bits per heavy atom. The van der Waals surface area contributed by atoms with Crippen LogP contribution >= 0.6 is 0 Å². The van der Waals surface area contributed by atoms with Crippen molar-refractivity contribution in [1.82, 2.24) is 10.2 Å². The summed E-state index contributed by atoms with van der Waals surface area (Å²) in [6.45, 7) is 10.3. The van der Waals surface area contributed by atoms with E-state index in [0.717, 1.165) is 12.6 Å². The first-order valence-electron chi connectivity index (χ1n) is 6.71. The van der Waals surface area contributed by atoms with E-state index >= 15 is 0 Å². The first-order chi connectivity index (χ1) is 7.24. The van der Waals surface area contributed by atoms with E-state index in [-0.39, 0.29) is 0 Å². The normalized spacial score (nSPS) is 19.0. The molecule has 0 bridgehead atoms. The fraction of sp³-hybridized carbons (Fsp3) is 1.00. The maximum absolute atomic E-state index is 3.70. The van der Waals surface area contributed by atoms with Gasteiger partial charge in [0.2, 0.25) is 0 Å². The number of hydrogen-bond acceptors (Lipinski definition) is 2. The average molecular weight is 212 g/mol. The van der Waals surface area contributed by atoms with Crippen molar-refractivity contribution >= 4 is 0 Å². The molecule has 0 saturated heterocycles. The Balaban J connectivity index is 2.08. The highest BCUT2D eigenvalue weighted by molar-refractivity contribution is 4.72. The monoisotopic (exact) mass is 212 g/mol. The van der Waals surface area contributed by atoms with E-state index in [9.17, 15) is 0 Å². The third-order valence-electron chi connectivity index (χ3n) is 3.57. The van der Waals surface area contributed by atoms with Crippen molar-refractivity contribution < 1.29 is 0 Å². The van der Waals surface area contributed by atoms with Gasteiger partial charge in [-0.3, -0.25) is 4.90 Å². The van der Waals surface area contributed by atoms with Crippen molar-refractivity contribution in [2.75, 3.05) is 19.6 Å². The van der Waals surface area contributed by atoms with Crippen LogP contribution in [0.3, 0.4) is 0 Å². The molecule has 0 atom stereocenters. The molecule has 0 amide bonds. The molecule has 0 radical (unpaired) electrons. The number of hydrogen-bond donors (Lipinski definition) is 1. The Morgan fingerprint density at radius 1 is 1.20 bits per heavy atom. The number of likely N-dealkylation sites (N-methyl/N-ethyl adjacent to an activating group) is 1. The van der Waals surface area contributed by atoms with Gasteiger partial charge in [-0.25, -0.2) is 0 Å². The molecule has 0 aromatic carbocycles. The molecule has 0 aliphatic heterocycles. The minimum atomic E-state index is 0.683. The topological polar surface area (TPSA) is 15.3 Å². The fourth-order valence-electron chi connectivity index (χ4n) is 2.50. The van der Waals surface area contributed by atoms with Crippen molar-refractivity contribution in [3.05, 3.63) is 0 Å². The van der Waals surface area contributed by atoms with Crippen LogP contribution in [0.1, 0.15) is 52.9 Å². The molecule has 2 nitrogen and oxygen atoms in total. The molecular formula is C13H28N2. The van der Waals surface area contributed by atoms with Gasteiger partial charge in [0, 0.05) is 25.2 Å². The summed E-state index contributed by atoms with van der Waals surface area (Å²) in [5, 5.41) is 3.70. The van der Waals surface area contributed by atoms with Gasteiger partial charge in [-0.1, -0.05) is 26.2 Å². The van der Waals surface area contributed by atoms with Crippen LogP contribution in [0.25, 0.3) is 0 Å². The van der Waals surface area contributed by atoms with Crippen LogP contribution in [-0.2, 0) is 0 Å². The van der Waals surface area contributed by atoms with Crippen LogP contribution < -0.4 is 5.32 Å². The summed E-state index contributed by atoms with van der Waals surface area (Å²) in [6, 6.07) is 1.49. The molecule has 1 saturated carbocycles. The summed E-state index contributed by atoms with van der Waals surface area (Å²) >= 11 is 0. The SMILES string of the molecule is CCN(CCNC1CCCCC1)C(C)C. The summed E-state index contributed by atoms with van der Waals surface area (Å²) in [4.78, 5) is 2.52. The average Bonchev–Trinajstić information content (AvgIpc) is 2.25. The minimum Gasteiger partial charge on any atom is -0.313 e. The van der Waals surface area contributed by atoms with Gasteiger partial charge in [0.05, 0.1) is 0 Å². The van der Waals surface area contributed by atoms with Gasteiger partial charge >= 0.3 is 0 Å². The number of nitrogens with zero attached hydrogens (tertiary/aromatic N) is 1. The number of rotatable bonds is 6. The second-order valence-electron chi connectivity index (χ2n) is 5.01.